The minimum absolute atomic E-state index is 0.109. The van der Waals surface area contributed by atoms with Gasteiger partial charge >= 0.3 is 6.18 Å². The summed E-state index contributed by atoms with van der Waals surface area (Å²) in [7, 11) is 0. The van der Waals surface area contributed by atoms with Gasteiger partial charge in [-0.1, -0.05) is 18.2 Å². The second kappa shape index (κ2) is 4.33. The number of rotatable bonds is 2. The molecule has 17 heavy (non-hydrogen) atoms. The van der Waals surface area contributed by atoms with Crippen LogP contribution in [0.4, 0.5) is 13.2 Å². The van der Waals surface area contributed by atoms with Gasteiger partial charge in [-0.2, -0.15) is 13.2 Å². The summed E-state index contributed by atoms with van der Waals surface area (Å²) in [5.41, 5.74) is -0.572. The van der Waals surface area contributed by atoms with E-state index in [9.17, 15) is 18.0 Å². The fraction of sp³-hybridized carbons (Fsp3) is 0.0833. The maximum absolute atomic E-state index is 12.8. The summed E-state index contributed by atoms with van der Waals surface area (Å²) in [5.74, 6) is 0. The van der Waals surface area contributed by atoms with Gasteiger partial charge in [0.25, 0.3) is 0 Å². The largest absolute Gasteiger partial charge is 0.417 e. The number of benzene rings is 1. The minimum Gasteiger partial charge on any atom is -0.297 e. The second-order valence-electron chi connectivity index (χ2n) is 3.36. The first-order valence-corrected chi connectivity index (χ1v) is 5.55. The predicted molar refractivity (Wildman–Crippen MR) is 60.1 cm³/mol. The van der Waals surface area contributed by atoms with E-state index in [-0.39, 0.29) is 5.56 Å². The molecular weight excluding hydrogens is 249 g/mol. The zero-order valence-electron chi connectivity index (χ0n) is 8.49. The Hall–Kier alpha value is -1.62. The first-order chi connectivity index (χ1) is 8.02. The average Bonchev–Trinajstić information content (AvgIpc) is 2.76. The summed E-state index contributed by atoms with van der Waals surface area (Å²) >= 11 is 1.05. The molecule has 0 aliphatic heterocycles. The molecule has 1 aromatic carbocycles. The van der Waals surface area contributed by atoms with Gasteiger partial charge in [-0.25, -0.2) is 0 Å². The Morgan fingerprint density at radius 3 is 2.35 bits per heavy atom. The summed E-state index contributed by atoms with van der Waals surface area (Å²) in [6.07, 6.45) is -3.76. The van der Waals surface area contributed by atoms with Gasteiger partial charge in [0.15, 0.2) is 6.29 Å². The molecule has 1 nitrogen and oxygen atoms in total. The average molecular weight is 256 g/mol. The number of alkyl halides is 3. The van der Waals surface area contributed by atoms with Crippen LogP contribution in [0.15, 0.2) is 36.4 Å². The molecule has 0 bridgehead atoms. The molecule has 0 aliphatic rings. The number of hydrogen-bond acceptors (Lipinski definition) is 2. The molecule has 0 saturated heterocycles. The van der Waals surface area contributed by atoms with E-state index in [1.165, 1.54) is 24.3 Å². The van der Waals surface area contributed by atoms with E-state index in [4.69, 9.17) is 0 Å². The molecule has 0 aliphatic carbocycles. The lowest BCUT2D eigenvalue weighted by molar-refractivity contribution is -0.137. The number of carbonyl (C=O) groups is 1. The molecule has 0 N–H and O–H groups in total. The lowest BCUT2D eigenvalue weighted by Crippen LogP contribution is -2.06. The molecule has 0 atom stereocenters. The van der Waals surface area contributed by atoms with E-state index in [0.29, 0.717) is 16.0 Å². The van der Waals surface area contributed by atoms with E-state index < -0.39 is 11.7 Å². The molecule has 0 radical (unpaired) electrons. The van der Waals surface area contributed by atoms with Crippen molar-refractivity contribution in [3.8, 4) is 10.4 Å². The van der Waals surface area contributed by atoms with Crippen LogP contribution < -0.4 is 0 Å². The van der Waals surface area contributed by atoms with Crippen LogP contribution >= 0.6 is 11.3 Å². The minimum atomic E-state index is -4.39. The van der Waals surface area contributed by atoms with Crippen LogP contribution in [0.1, 0.15) is 15.2 Å². The maximum atomic E-state index is 12.8. The van der Waals surface area contributed by atoms with Gasteiger partial charge in [-0.15, -0.1) is 11.3 Å². The van der Waals surface area contributed by atoms with Crippen LogP contribution in [0, 0.1) is 0 Å². The van der Waals surface area contributed by atoms with Crippen molar-refractivity contribution in [2.75, 3.05) is 0 Å². The SMILES string of the molecule is O=Cc1ccc(-c2ccccc2C(F)(F)F)s1. The molecule has 2 rings (SSSR count). The molecule has 1 aromatic heterocycles. The van der Waals surface area contributed by atoms with E-state index in [2.05, 4.69) is 0 Å². The van der Waals surface area contributed by atoms with Crippen molar-refractivity contribution in [1.82, 2.24) is 0 Å². The summed E-state index contributed by atoms with van der Waals surface area (Å²) < 4.78 is 38.3. The molecule has 0 unspecified atom stereocenters. The topological polar surface area (TPSA) is 17.1 Å². The first kappa shape index (κ1) is 11.9. The van der Waals surface area contributed by atoms with Crippen molar-refractivity contribution >= 4 is 17.6 Å². The lowest BCUT2D eigenvalue weighted by atomic mass is 10.1. The molecule has 0 spiro atoms. The molecular formula is C12H7F3OS. The number of thiophene rings is 1. The van der Waals surface area contributed by atoms with Crippen LogP contribution in [0.3, 0.4) is 0 Å². The van der Waals surface area contributed by atoms with Crippen molar-refractivity contribution in [1.29, 1.82) is 0 Å². The van der Waals surface area contributed by atoms with Crippen molar-refractivity contribution in [3.05, 3.63) is 46.8 Å². The van der Waals surface area contributed by atoms with Gasteiger partial charge < -0.3 is 0 Å². The molecule has 0 fully saturated rings. The standard InChI is InChI=1S/C12H7F3OS/c13-12(14,15)10-4-2-1-3-9(10)11-6-5-8(7-16)17-11/h1-7H. The van der Waals surface area contributed by atoms with Gasteiger partial charge in [0.05, 0.1) is 10.4 Å². The van der Waals surface area contributed by atoms with Gasteiger partial charge in [-0.3, -0.25) is 4.79 Å². The Kier molecular flexibility index (Phi) is 3.02. The highest BCUT2D eigenvalue weighted by Gasteiger charge is 2.33. The number of hydrogen-bond donors (Lipinski definition) is 0. The molecule has 1 heterocycles. The smallest absolute Gasteiger partial charge is 0.297 e. The molecule has 2 aromatic rings. The Morgan fingerprint density at radius 1 is 1.06 bits per heavy atom. The Balaban J connectivity index is 2.55. The number of aldehydes is 1. The summed E-state index contributed by atoms with van der Waals surface area (Å²) in [4.78, 5) is 11.4. The van der Waals surface area contributed by atoms with Crippen molar-refractivity contribution < 1.29 is 18.0 Å². The van der Waals surface area contributed by atoms with E-state index in [0.717, 1.165) is 17.4 Å². The third kappa shape index (κ3) is 2.39. The highest BCUT2D eigenvalue weighted by Crippen LogP contribution is 2.39. The van der Waals surface area contributed by atoms with Gasteiger partial charge in [0.2, 0.25) is 0 Å². The molecule has 0 amide bonds. The van der Waals surface area contributed by atoms with Crippen molar-refractivity contribution in [3.63, 3.8) is 0 Å². The van der Waals surface area contributed by atoms with Gasteiger partial charge in [0, 0.05) is 10.4 Å². The zero-order valence-corrected chi connectivity index (χ0v) is 9.31. The third-order valence-electron chi connectivity index (χ3n) is 2.24. The van der Waals surface area contributed by atoms with E-state index in [1.807, 2.05) is 0 Å². The monoisotopic (exact) mass is 256 g/mol. The maximum Gasteiger partial charge on any atom is 0.417 e. The second-order valence-corrected chi connectivity index (χ2v) is 4.48. The quantitative estimate of drug-likeness (QED) is 0.734. The predicted octanol–water partition coefficient (Wildman–Crippen LogP) is 4.25. The fourth-order valence-corrected chi connectivity index (χ4v) is 2.37. The number of carbonyl (C=O) groups excluding carboxylic acids is 1. The summed E-state index contributed by atoms with van der Waals surface area (Å²) in [5, 5.41) is 0. The Labute approximate surface area is 99.5 Å². The van der Waals surface area contributed by atoms with Gasteiger partial charge in [-0.05, 0) is 18.2 Å². The first-order valence-electron chi connectivity index (χ1n) is 4.74. The molecule has 88 valence electrons. The van der Waals surface area contributed by atoms with Crippen molar-refractivity contribution in [2.45, 2.75) is 6.18 Å². The highest BCUT2D eigenvalue weighted by atomic mass is 32.1. The Bertz CT molecular complexity index is 543. The van der Waals surface area contributed by atoms with Crippen LogP contribution in [-0.4, -0.2) is 6.29 Å². The normalized spacial score (nSPS) is 11.5. The van der Waals surface area contributed by atoms with Crippen LogP contribution in [0.5, 0.6) is 0 Å². The third-order valence-corrected chi connectivity index (χ3v) is 3.28. The number of halogens is 3. The zero-order chi connectivity index (χ0) is 12.5. The van der Waals surface area contributed by atoms with Crippen LogP contribution in [0.25, 0.3) is 10.4 Å². The molecule has 5 heteroatoms. The highest BCUT2D eigenvalue weighted by molar-refractivity contribution is 7.17. The van der Waals surface area contributed by atoms with Crippen LogP contribution in [-0.2, 0) is 6.18 Å². The summed E-state index contributed by atoms with van der Waals surface area (Å²) in [6, 6.07) is 8.38. The summed E-state index contributed by atoms with van der Waals surface area (Å²) in [6.45, 7) is 0. The van der Waals surface area contributed by atoms with E-state index in [1.54, 1.807) is 6.07 Å². The van der Waals surface area contributed by atoms with Crippen molar-refractivity contribution in [2.24, 2.45) is 0 Å². The Morgan fingerprint density at radius 2 is 1.76 bits per heavy atom. The van der Waals surface area contributed by atoms with E-state index >= 15 is 0 Å². The van der Waals surface area contributed by atoms with Gasteiger partial charge in [0.1, 0.15) is 0 Å². The molecule has 0 saturated carbocycles. The van der Waals surface area contributed by atoms with Crippen LogP contribution in [0.2, 0.25) is 0 Å². The fourth-order valence-electron chi connectivity index (χ4n) is 1.51. The lowest BCUT2D eigenvalue weighted by Gasteiger charge is -2.10.